The van der Waals surface area contributed by atoms with Crippen LogP contribution in [0, 0.1) is 13.8 Å². The highest BCUT2D eigenvalue weighted by Crippen LogP contribution is 2.21. The van der Waals surface area contributed by atoms with Crippen molar-refractivity contribution in [2.45, 2.75) is 42.5 Å². The first kappa shape index (κ1) is 23.5. The summed E-state index contributed by atoms with van der Waals surface area (Å²) in [6.07, 6.45) is 2.80. The molecule has 2 aromatic carbocycles. The molecule has 4 rings (SSSR count). The molecule has 0 aliphatic carbocycles. The molecule has 1 unspecified atom stereocenters. The summed E-state index contributed by atoms with van der Waals surface area (Å²) in [6.45, 7) is 6.18. The maximum atomic E-state index is 10.5. The van der Waals surface area contributed by atoms with Gasteiger partial charge in [0.15, 0.2) is 0 Å². The Kier molecular flexibility index (Phi) is 7.92. The Hall–Kier alpha value is -1.82. The van der Waals surface area contributed by atoms with Crippen LogP contribution < -0.4 is 5.43 Å². The number of nitrogens with zero attached hydrogens (tertiary/aromatic N) is 1. The van der Waals surface area contributed by atoms with Gasteiger partial charge in [-0.05, 0) is 51.0 Å². The Morgan fingerprint density at radius 3 is 1.41 bits per heavy atom. The standard InChI is InChI=1S/2C7H8O3S.C5H10N2/c2*1-6-2-4-7(5-3-6)11(8,9)10;1-3-6-7-4-2-5(1)7/h2*2-5H,1H3,(H,8,9,10);5-6H,1-4H2. The lowest BCUT2D eigenvalue weighted by Gasteiger charge is -2.33. The fourth-order valence-electron chi connectivity index (χ4n) is 2.74. The van der Waals surface area contributed by atoms with Gasteiger partial charge in [-0.3, -0.25) is 14.5 Å². The van der Waals surface area contributed by atoms with E-state index in [-0.39, 0.29) is 9.79 Å². The normalized spacial score (nSPS) is 18.4. The number of hydrogen-bond acceptors (Lipinski definition) is 6. The van der Waals surface area contributed by atoms with Crippen LogP contribution in [-0.4, -0.2) is 50.1 Å². The predicted octanol–water partition coefficient (Wildman–Crippen LogP) is 2.45. The van der Waals surface area contributed by atoms with Gasteiger partial charge in [0.05, 0.1) is 9.79 Å². The summed E-state index contributed by atoms with van der Waals surface area (Å²) in [5, 5.41) is 2.33. The van der Waals surface area contributed by atoms with Crippen molar-refractivity contribution in [2.75, 3.05) is 13.1 Å². The van der Waals surface area contributed by atoms with Crippen LogP contribution in [0.5, 0.6) is 0 Å². The van der Waals surface area contributed by atoms with Gasteiger partial charge in [0.25, 0.3) is 20.2 Å². The van der Waals surface area contributed by atoms with Crippen LogP contribution >= 0.6 is 0 Å². The SMILES string of the molecule is C1CC2CCN2N1.Cc1ccc(S(=O)(=O)O)cc1.Cc1ccc(S(=O)(=O)O)cc1. The van der Waals surface area contributed by atoms with Crippen LogP contribution in [0.2, 0.25) is 0 Å². The van der Waals surface area contributed by atoms with Gasteiger partial charge < -0.3 is 0 Å². The van der Waals surface area contributed by atoms with Gasteiger partial charge in [-0.2, -0.15) is 16.8 Å². The molecule has 0 amide bonds. The summed E-state index contributed by atoms with van der Waals surface area (Å²) < 4.78 is 59.1. The lowest BCUT2D eigenvalue weighted by atomic mass is 10.1. The zero-order chi connectivity index (χ0) is 21.7. The van der Waals surface area contributed by atoms with Gasteiger partial charge in [-0.15, -0.1) is 0 Å². The van der Waals surface area contributed by atoms with Crippen LogP contribution in [0.3, 0.4) is 0 Å². The molecule has 0 spiro atoms. The second-order valence-electron chi connectivity index (χ2n) is 6.91. The third-order valence-electron chi connectivity index (χ3n) is 4.57. The lowest BCUT2D eigenvalue weighted by Crippen LogP contribution is -2.47. The molecule has 8 nitrogen and oxygen atoms in total. The Morgan fingerprint density at radius 2 is 1.21 bits per heavy atom. The number of hydrogen-bond donors (Lipinski definition) is 3. The molecule has 2 aromatic rings. The van der Waals surface area contributed by atoms with Crippen LogP contribution in [-0.2, 0) is 20.2 Å². The average molecular weight is 443 g/mol. The minimum absolute atomic E-state index is 0.0666. The molecule has 29 heavy (non-hydrogen) atoms. The van der Waals surface area contributed by atoms with Crippen LogP contribution in [0.25, 0.3) is 0 Å². The van der Waals surface area contributed by atoms with Crippen LogP contribution in [0.1, 0.15) is 24.0 Å². The first-order chi connectivity index (χ1) is 13.5. The van der Waals surface area contributed by atoms with E-state index in [0.717, 1.165) is 17.2 Å². The van der Waals surface area contributed by atoms with Gasteiger partial charge in [-0.1, -0.05) is 35.4 Å². The summed E-state index contributed by atoms with van der Waals surface area (Å²) in [6, 6.07) is 12.9. The Labute approximate surface area is 172 Å². The van der Waals surface area contributed by atoms with E-state index in [1.807, 2.05) is 13.8 Å². The average Bonchev–Trinajstić information content (AvgIpc) is 2.93. The van der Waals surface area contributed by atoms with E-state index < -0.39 is 20.2 Å². The fraction of sp³-hybridized carbons (Fsp3) is 0.368. The van der Waals surface area contributed by atoms with Gasteiger partial charge in [0, 0.05) is 19.1 Å². The molecule has 0 radical (unpaired) electrons. The molecule has 0 aromatic heterocycles. The van der Waals surface area contributed by atoms with Crippen molar-refractivity contribution in [3.63, 3.8) is 0 Å². The maximum Gasteiger partial charge on any atom is 0.294 e. The highest BCUT2D eigenvalue weighted by Gasteiger charge is 2.31. The second kappa shape index (κ2) is 9.79. The third kappa shape index (κ3) is 7.50. The highest BCUT2D eigenvalue weighted by atomic mass is 32.2. The van der Waals surface area contributed by atoms with Crippen molar-refractivity contribution in [1.29, 1.82) is 0 Å². The minimum atomic E-state index is -4.02. The van der Waals surface area contributed by atoms with E-state index in [1.165, 1.54) is 50.2 Å². The number of fused-ring (bicyclic) bond motifs is 1. The van der Waals surface area contributed by atoms with E-state index >= 15 is 0 Å². The Bertz CT molecular complexity index is 920. The van der Waals surface area contributed by atoms with Crippen LogP contribution in [0.15, 0.2) is 58.3 Å². The zero-order valence-electron chi connectivity index (χ0n) is 16.3. The Morgan fingerprint density at radius 1 is 0.793 bits per heavy atom. The molecule has 0 saturated carbocycles. The molecule has 3 N–H and O–H groups in total. The molecular weight excluding hydrogens is 416 g/mol. The van der Waals surface area contributed by atoms with Crippen LogP contribution in [0.4, 0.5) is 0 Å². The summed E-state index contributed by atoms with van der Waals surface area (Å²) in [7, 11) is -8.04. The quantitative estimate of drug-likeness (QED) is 0.606. The number of aryl methyl sites for hydroxylation is 2. The number of benzene rings is 2. The smallest absolute Gasteiger partial charge is 0.282 e. The maximum absolute atomic E-state index is 10.5. The molecule has 0 bridgehead atoms. The summed E-state index contributed by atoms with van der Waals surface area (Å²) in [5.74, 6) is 0. The van der Waals surface area contributed by atoms with E-state index in [9.17, 15) is 16.8 Å². The van der Waals surface area contributed by atoms with Gasteiger partial charge >= 0.3 is 0 Å². The monoisotopic (exact) mass is 442 g/mol. The first-order valence-corrected chi connectivity index (χ1v) is 11.9. The van der Waals surface area contributed by atoms with Gasteiger partial charge in [-0.25, -0.2) is 5.01 Å². The van der Waals surface area contributed by atoms with Crippen molar-refractivity contribution >= 4 is 20.2 Å². The van der Waals surface area contributed by atoms with Crippen molar-refractivity contribution in [3.05, 3.63) is 59.7 Å². The summed E-state index contributed by atoms with van der Waals surface area (Å²) in [4.78, 5) is -0.133. The molecular formula is C19H26N2O6S2. The molecule has 10 heteroatoms. The third-order valence-corrected chi connectivity index (χ3v) is 6.31. The summed E-state index contributed by atoms with van der Waals surface area (Å²) in [5.41, 5.74) is 5.20. The molecule has 2 saturated heterocycles. The van der Waals surface area contributed by atoms with Crippen molar-refractivity contribution < 1.29 is 25.9 Å². The molecule has 2 aliphatic heterocycles. The number of rotatable bonds is 2. The largest absolute Gasteiger partial charge is 0.294 e. The van der Waals surface area contributed by atoms with E-state index in [2.05, 4.69) is 10.4 Å². The predicted molar refractivity (Wildman–Crippen MR) is 110 cm³/mol. The Balaban J connectivity index is 0.000000159. The van der Waals surface area contributed by atoms with Gasteiger partial charge in [0.2, 0.25) is 0 Å². The highest BCUT2D eigenvalue weighted by molar-refractivity contribution is 7.86. The van der Waals surface area contributed by atoms with E-state index in [4.69, 9.17) is 9.11 Å². The van der Waals surface area contributed by atoms with Crippen molar-refractivity contribution in [3.8, 4) is 0 Å². The number of hydrazine groups is 1. The van der Waals surface area contributed by atoms with Crippen molar-refractivity contribution in [2.24, 2.45) is 0 Å². The fourth-order valence-corrected chi connectivity index (χ4v) is 3.70. The zero-order valence-corrected chi connectivity index (χ0v) is 17.9. The topological polar surface area (TPSA) is 124 Å². The molecule has 2 fully saturated rings. The molecule has 1 atom stereocenters. The number of nitrogens with one attached hydrogen (secondary N) is 1. The molecule has 160 valence electrons. The van der Waals surface area contributed by atoms with E-state index in [0.29, 0.717) is 0 Å². The minimum Gasteiger partial charge on any atom is -0.282 e. The van der Waals surface area contributed by atoms with Gasteiger partial charge in [0.1, 0.15) is 0 Å². The summed E-state index contributed by atoms with van der Waals surface area (Å²) >= 11 is 0. The van der Waals surface area contributed by atoms with E-state index in [1.54, 1.807) is 24.3 Å². The first-order valence-electron chi connectivity index (χ1n) is 9.05. The molecule has 2 aliphatic rings. The lowest BCUT2D eigenvalue weighted by molar-refractivity contribution is 0.0881. The second-order valence-corrected chi connectivity index (χ2v) is 9.75. The van der Waals surface area contributed by atoms with Crippen molar-refractivity contribution in [1.82, 2.24) is 10.4 Å². The molecule has 2 heterocycles.